The van der Waals surface area contributed by atoms with Gasteiger partial charge in [-0.1, -0.05) is 45.4 Å². The number of fused-ring (bicyclic) bond motifs is 1. The van der Waals surface area contributed by atoms with E-state index in [1.807, 2.05) is 0 Å². The van der Waals surface area contributed by atoms with E-state index in [4.69, 9.17) is 4.74 Å². The molecule has 15 heteroatoms. The molecular weight excluding hydrogens is 614 g/mol. The third-order valence-corrected chi connectivity index (χ3v) is 7.56. The van der Waals surface area contributed by atoms with Crippen molar-refractivity contribution in [3.8, 4) is 0 Å². The number of hydrogen-bond donors (Lipinski definition) is 2. The van der Waals surface area contributed by atoms with Crippen LogP contribution in [0.2, 0.25) is 0 Å². The van der Waals surface area contributed by atoms with Gasteiger partial charge in [-0.25, -0.2) is 14.0 Å². The summed E-state index contributed by atoms with van der Waals surface area (Å²) in [7, 11) is 2.85. The molecule has 3 unspecified atom stereocenters. The number of carbonyl (C=O) groups is 5. The summed E-state index contributed by atoms with van der Waals surface area (Å²) < 4.78 is 58.3. The molecule has 0 radical (unpaired) electrons. The minimum absolute atomic E-state index is 0.0222. The van der Waals surface area contributed by atoms with Gasteiger partial charge in [-0.15, -0.1) is 0 Å². The zero-order chi connectivity index (χ0) is 34.4. The molecule has 2 N–H and O–H groups in total. The van der Waals surface area contributed by atoms with E-state index < -0.39 is 71.5 Å². The van der Waals surface area contributed by atoms with Gasteiger partial charge in [0.05, 0.1) is 17.8 Å². The van der Waals surface area contributed by atoms with E-state index >= 15 is 0 Å². The molecule has 2 saturated heterocycles. The van der Waals surface area contributed by atoms with Gasteiger partial charge in [-0.3, -0.25) is 29.1 Å². The summed E-state index contributed by atoms with van der Waals surface area (Å²) >= 11 is 0. The van der Waals surface area contributed by atoms with Crippen LogP contribution in [0.5, 0.6) is 0 Å². The van der Waals surface area contributed by atoms with Gasteiger partial charge < -0.3 is 15.4 Å². The Kier molecular flexibility index (Phi) is 11.4. The number of amides is 6. The normalized spacial score (nSPS) is 24.1. The van der Waals surface area contributed by atoms with Gasteiger partial charge in [-0.05, 0) is 43.2 Å². The van der Waals surface area contributed by atoms with Gasteiger partial charge in [0.2, 0.25) is 11.8 Å². The maximum absolute atomic E-state index is 14.3. The number of urea groups is 1. The monoisotopic (exact) mass is 651 g/mol. The number of halogens is 4. The number of likely N-dealkylation sites (N-methyl/N-ethyl adjacent to an activating group) is 2. The first-order valence-electron chi connectivity index (χ1n) is 14.7. The first-order chi connectivity index (χ1) is 21.6. The molecular formula is C31H37F4N5O6. The van der Waals surface area contributed by atoms with Crippen molar-refractivity contribution in [3.63, 3.8) is 0 Å². The average Bonchev–Trinajstić information content (AvgIpc) is 3.19. The van der Waals surface area contributed by atoms with Crippen LogP contribution < -0.4 is 10.6 Å². The molecule has 0 saturated carbocycles. The Morgan fingerprint density at radius 3 is 2.30 bits per heavy atom. The molecule has 6 amide bonds. The van der Waals surface area contributed by atoms with Gasteiger partial charge in [0.1, 0.15) is 17.3 Å². The number of carbonyl (C=O) groups excluding carboxylic acids is 5. The van der Waals surface area contributed by atoms with Crippen LogP contribution in [0, 0.1) is 5.92 Å². The predicted octanol–water partition coefficient (Wildman–Crippen LogP) is 4.38. The van der Waals surface area contributed by atoms with Crippen molar-refractivity contribution in [2.24, 2.45) is 5.92 Å². The standard InChI is InChI=1S/C28H29F4N5O6.C3H8/c1-4-27(12-13-33-22(38)15-34-23(39)18-10-8-16(28(30,31)32)9-11-19(18)29)24(40)36(3)25(41)37(27)17-6-5-7-21-20(14-17)35(2)26(42)43-21;1-3-2/h5-11,14,18,21H,4,12-13,15H2,1-3H3,(H,33,38)(H,34,39);3H2,1-2H3. The molecule has 0 bridgehead atoms. The Morgan fingerprint density at radius 2 is 1.67 bits per heavy atom. The molecule has 2 aliphatic heterocycles. The third-order valence-electron chi connectivity index (χ3n) is 7.56. The summed E-state index contributed by atoms with van der Waals surface area (Å²) in [5.41, 5.74) is -1.74. The van der Waals surface area contributed by atoms with Crippen molar-refractivity contribution in [3.05, 3.63) is 71.4 Å². The lowest BCUT2D eigenvalue weighted by Gasteiger charge is -2.35. The molecule has 250 valence electrons. The number of hydrogen-bond acceptors (Lipinski definition) is 6. The molecule has 4 aliphatic rings. The Hall–Kier alpha value is -4.69. The maximum atomic E-state index is 14.3. The SMILES string of the molecule is CCC.CCC1(CCNC(=O)CNC(=O)C2C=CC(C(F)(F)F)=CC=C2F)C(=O)N(C)C(=O)N1C1=CC=CC2OC(=O)N(C)C2=C1. The molecule has 0 aromatic carbocycles. The number of imide groups is 1. The third kappa shape index (κ3) is 7.40. The molecule has 46 heavy (non-hydrogen) atoms. The van der Waals surface area contributed by atoms with Gasteiger partial charge in [0.25, 0.3) is 5.91 Å². The zero-order valence-corrected chi connectivity index (χ0v) is 26.1. The zero-order valence-electron chi connectivity index (χ0n) is 26.1. The first-order valence-corrected chi connectivity index (χ1v) is 14.7. The lowest BCUT2D eigenvalue weighted by molar-refractivity contribution is -0.133. The summed E-state index contributed by atoms with van der Waals surface area (Å²) in [5.74, 6) is -5.03. The van der Waals surface area contributed by atoms with Crippen LogP contribution in [0.3, 0.4) is 0 Å². The predicted molar refractivity (Wildman–Crippen MR) is 159 cm³/mol. The smallest absolute Gasteiger partial charge is 0.416 e. The Morgan fingerprint density at radius 1 is 1.00 bits per heavy atom. The fourth-order valence-electron chi connectivity index (χ4n) is 5.12. The lowest BCUT2D eigenvalue weighted by Crippen LogP contribution is -2.51. The van der Waals surface area contributed by atoms with Crippen molar-refractivity contribution in [1.29, 1.82) is 0 Å². The molecule has 11 nitrogen and oxygen atoms in total. The van der Waals surface area contributed by atoms with Crippen LogP contribution >= 0.6 is 0 Å². The first kappa shape index (κ1) is 35.8. The van der Waals surface area contributed by atoms with Crippen LogP contribution in [-0.2, 0) is 19.1 Å². The second-order valence-corrected chi connectivity index (χ2v) is 10.8. The molecule has 0 aromatic rings. The van der Waals surface area contributed by atoms with Crippen LogP contribution in [0.25, 0.3) is 0 Å². The van der Waals surface area contributed by atoms with E-state index in [0.717, 1.165) is 11.0 Å². The quantitative estimate of drug-likeness (QED) is 0.296. The van der Waals surface area contributed by atoms with Crippen LogP contribution in [0.4, 0.5) is 27.2 Å². The maximum Gasteiger partial charge on any atom is 0.416 e. The lowest BCUT2D eigenvalue weighted by atomic mass is 9.89. The second kappa shape index (κ2) is 14.6. The average molecular weight is 652 g/mol. The minimum Gasteiger partial charge on any atom is -0.435 e. The Labute approximate surface area is 263 Å². The number of rotatable bonds is 8. The van der Waals surface area contributed by atoms with Crippen molar-refractivity contribution < 1.29 is 46.3 Å². The van der Waals surface area contributed by atoms with Crippen LogP contribution in [0.15, 0.2) is 71.4 Å². The fourth-order valence-corrected chi connectivity index (χ4v) is 5.12. The summed E-state index contributed by atoms with van der Waals surface area (Å²) in [6.07, 6.45) is 4.27. The topological polar surface area (TPSA) is 128 Å². The van der Waals surface area contributed by atoms with E-state index in [0.29, 0.717) is 29.6 Å². The number of allylic oxidation sites excluding steroid dienone is 7. The van der Waals surface area contributed by atoms with Crippen molar-refractivity contribution in [2.75, 3.05) is 27.2 Å². The Bertz CT molecular complexity index is 1450. The number of ether oxygens (including phenoxy) is 1. The van der Waals surface area contributed by atoms with E-state index in [1.165, 1.54) is 30.3 Å². The van der Waals surface area contributed by atoms with Crippen LogP contribution in [-0.4, -0.2) is 89.5 Å². The number of alkyl halides is 3. The van der Waals surface area contributed by atoms with E-state index in [2.05, 4.69) is 24.5 Å². The van der Waals surface area contributed by atoms with Crippen LogP contribution in [0.1, 0.15) is 40.0 Å². The number of nitrogens with one attached hydrogen (secondary N) is 2. The molecule has 2 aliphatic carbocycles. The van der Waals surface area contributed by atoms with E-state index in [-0.39, 0.29) is 19.4 Å². The molecule has 0 aromatic heterocycles. The largest absolute Gasteiger partial charge is 0.435 e. The molecule has 4 rings (SSSR count). The Balaban J connectivity index is 0.00000185. The highest BCUT2D eigenvalue weighted by molar-refractivity contribution is 6.08. The molecule has 0 spiro atoms. The minimum atomic E-state index is -4.73. The highest BCUT2D eigenvalue weighted by atomic mass is 19.4. The van der Waals surface area contributed by atoms with Gasteiger partial charge in [0, 0.05) is 26.3 Å². The summed E-state index contributed by atoms with van der Waals surface area (Å²) in [4.78, 5) is 67.2. The summed E-state index contributed by atoms with van der Waals surface area (Å²) in [6, 6.07) is -0.608. The molecule has 2 fully saturated rings. The number of nitrogens with zero attached hydrogens (tertiary/aromatic N) is 3. The highest BCUT2D eigenvalue weighted by Crippen LogP contribution is 2.39. The van der Waals surface area contributed by atoms with Gasteiger partial charge in [0.15, 0.2) is 6.10 Å². The van der Waals surface area contributed by atoms with Crippen molar-refractivity contribution >= 4 is 29.8 Å². The van der Waals surface area contributed by atoms with Gasteiger partial charge in [-0.2, -0.15) is 13.2 Å². The summed E-state index contributed by atoms with van der Waals surface area (Å²) in [6.45, 7) is 5.24. The molecule has 3 atom stereocenters. The van der Waals surface area contributed by atoms with E-state index in [9.17, 15) is 41.5 Å². The summed E-state index contributed by atoms with van der Waals surface area (Å²) in [5, 5.41) is 4.73. The fraction of sp³-hybridized carbons (Fsp3) is 0.452. The van der Waals surface area contributed by atoms with E-state index in [1.54, 1.807) is 31.2 Å². The molecule has 2 heterocycles. The highest BCUT2D eigenvalue weighted by Gasteiger charge is 2.56. The van der Waals surface area contributed by atoms with Gasteiger partial charge >= 0.3 is 18.3 Å². The van der Waals surface area contributed by atoms with Crippen molar-refractivity contribution in [1.82, 2.24) is 25.3 Å². The van der Waals surface area contributed by atoms with Crippen molar-refractivity contribution in [2.45, 2.75) is 57.9 Å². The second-order valence-electron chi connectivity index (χ2n) is 10.8.